The fourth-order valence-electron chi connectivity index (χ4n) is 1.67. The summed E-state index contributed by atoms with van der Waals surface area (Å²) < 4.78 is 0. The van der Waals surface area contributed by atoms with Gasteiger partial charge in [0.15, 0.2) is 0 Å². The van der Waals surface area contributed by atoms with Crippen LogP contribution in [0, 0.1) is 0 Å². The second-order valence-corrected chi connectivity index (χ2v) is 4.14. The van der Waals surface area contributed by atoms with Crippen LogP contribution in [0.4, 0.5) is 5.69 Å². The van der Waals surface area contributed by atoms with Crippen molar-refractivity contribution in [2.75, 3.05) is 12.3 Å². The Morgan fingerprint density at radius 2 is 2.12 bits per heavy atom. The second kappa shape index (κ2) is 6.91. The molecule has 0 saturated heterocycles. The summed E-state index contributed by atoms with van der Waals surface area (Å²) in [6, 6.07) is 7.08. The predicted octanol–water partition coefficient (Wildman–Crippen LogP) is 1.52. The Labute approximate surface area is 102 Å². The number of unbranched alkanes of at least 4 members (excludes halogenated alkanes) is 1. The van der Waals surface area contributed by atoms with Crippen molar-refractivity contribution in [2.45, 2.75) is 32.2 Å². The lowest BCUT2D eigenvalue weighted by Crippen LogP contribution is -2.40. The van der Waals surface area contributed by atoms with E-state index in [1.807, 2.05) is 6.07 Å². The van der Waals surface area contributed by atoms with Crippen molar-refractivity contribution < 1.29 is 4.79 Å². The average Bonchev–Trinajstić information content (AvgIpc) is 2.34. The molecule has 17 heavy (non-hydrogen) atoms. The van der Waals surface area contributed by atoms with Gasteiger partial charge in [0.05, 0.1) is 5.56 Å². The molecule has 1 aromatic rings. The third-order valence-electron chi connectivity index (χ3n) is 2.73. The molecule has 0 aromatic heterocycles. The molecule has 4 heteroatoms. The molecule has 1 amide bonds. The van der Waals surface area contributed by atoms with E-state index in [2.05, 4.69) is 12.2 Å². The molecule has 1 atom stereocenters. The third kappa shape index (κ3) is 4.07. The number of nitrogens with one attached hydrogen (secondary N) is 1. The Morgan fingerprint density at radius 3 is 2.71 bits per heavy atom. The highest BCUT2D eigenvalue weighted by molar-refractivity contribution is 5.99. The van der Waals surface area contributed by atoms with Crippen LogP contribution >= 0.6 is 0 Å². The van der Waals surface area contributed by atoms with Gasteiger partial charge in [-0.2, -0.15) is 0 Å². The fourth-order valence-corrected chi connectivity index (χ4v) is 1.67. The van der Waals surface area contributed by atoms with Gasteiger partial charge in [-0.15, -0.1) is 0 Å². The van der Waals surface area contributed by atoms with Gasteiger partial charge in [-0.25, -0.2) is 0 Å². The Hall–Kier alpha value is -1.55. The number of nitrogens with two attached hydrogens (primary N) is 2. The lowest BCUT2D eigenvalue weighted by molar-refractivity contribution is 0.0936. The van der Waals surface area contributed by atoms with E-state index in [9.17, 15) is 4.79 Å². The van der Waals surface area contributed by atoms with Gasteiger partial charge < -0.3 is 16.8 Å². The monoisotopic (exact) mass is 235 g/mol. The molecule has 1 aromatic carbocycles. The first kappa shape index (κ1) is 13.5. The van der Waals surface area contributed by atoms with Crippen LogP contribution in [0.3, 0.4) is 0 Å². The minimum Gasteiger partial charge on any atom is -0.398 e. The molecule has 0 saturated carbocycles. The Balaban J connectivity index is 2.61. The second-order valence-electron chi connectivity index (χ2n) is 4.14. The molecule has 0 radical (unpaired) electrons. The van der Waals surface area contributed by atoms with Gasteiger partial charge in [0.2, 0.25) is 0 Å². The molecule has 0 heterocycles. The minimum absolute atomic E-state index is 0.0297. The van der Waals surface area contributed by atoms with Gasteiger partial charge >= 0.3 is 0 Å². The van der Waals surface area contributed by atoms with Crippen LogP contribution in [0.5, 0.6) is 0 Å². The molecular formula is C13H21N3O. The highest BCUT2D eigenvalue weighted by atomic mass is 16.1. The lowest BCUT2D eigenvalue weighted by Gasteiger charge is -2.17. The number of anilines is 1. The molecule has 4 nitrogen and oxygen atoms in total. The van der Waals surface area contributed by atoms with Gasteiger partial charge in [-0.1, -0.05) is 31.9 Å². The Kier molecular flexibility index (Phi) is 5.49. The molecule has 0 aliphatic heterocycles. The summed E-state index contributed by atoms with van der Waals surface area (Å²) in [5, 5.41) is 2.91. The molecule has 0 spiro atoms. The number of hydrogen-bond donors (Lipinski definition) is 3. The summed E-state index contributed by atoms with van der Waals surface area (Å²) in [7, 11) is 0. The zero-order valence-electron chi connectivity index (χ0n) is 10.3. The standard InChI is InChI=1S/C13H21N3O/c1-2-3-6-10(9-14)16-13(17)11-7-4-5-8-12(11)15/h4-5,7-8,10H,2-3,6,9,14-15H2,1H3,(H,16,17). The van der Waals surface area contributed by atoms with Crippen LogP contribution in [-0.4, -0.2) is 18.5 Å². The van der Waals surface area contributed by atoms with Crippen LogP contribution in [0.15, 0.2) is 24.3 Å². The van der Waals surface area contributed by atoms with Crippen molar-refractivity contribution in [1.82, 2.24) is 5.32 Å². The van der Waals surface area contributed by atoms with Crippen LogP contribution in [0.1, 0.15) is 36.5 Å². The molecule has 94 valence electrons. The maximum Gasteiger partial charge on any atom is 0.253 e. The first-order chi connectivity index (χ1) is 8.19. The van der Waals surface area contributed by atoms with Crippen LogP contribution < -0.4 is 16.8 Å². The first-order valence-electron chi connectivity index (χ1n) is 6.04. The smallest absolute Gasteiger partial charge is 0.253 e. The number of amides is 1. The fraction of sp³-hybridized carbons (Fsp3) is 0.462. The number of hydrogen-bond acceptors (Lipinski definition) is 3. The summed E-state index contributed by atoms with van der Waals surface area (Å²) in [5.74, 6) is -0.144. The molecule has 0 aliphatic rings. The minimum atomic E-state index is -0.144. The quantitative estimate of drug-likeness (QED) is 0.654. The summed E-state index contributed by atoms with van der Waals surface area (Å²) in [6.45, 7) is 2.57. The van der Waals surface area contributed by atoms with Crippen molar-refractivity contribution in [3.63, 3.8) is 0 Å². The zero-order valence-corrected chi connectivity index (χ0v) is 10.3. The molecule has 1 unspecified atom stereocenters. The van der Waals surface area contributed by atoms with Gasteiger partial charge in [0.25, 0.3) is 5.91 Å². The van der Waals surface area contributed by atoms with Gasteiger partial charge in [0, 0.05) is 18.3 Å². The number of rotatable bonds is 6. The van der Waals surface area contributed by atoms with E-state index in [1.165, 1.54) is 0 Å². The topological polar surface area (TPSA) is 81.1 Å². The number of para-hydroxylation sites is 1. The molecule has 0 aliphatic carbocycles. The SMILES string of the molecule is CCCCC(CN)NC(=O)c1ccccc1N. The number of carbonyl (C=O) groups excluding carboxylic acids is 1. The van der Waals surface area contributed by atoms with Gasteiger partial charge in [0.1, 0.15) is 0 Å². The maximum absolute atomic E-state index is 12.0. The van der Waals surface area contributed by atoms with Crippen molar-refractivity contribution >= 4 is 11.6 Å². The highest BCUT2D eigenvalue weighted by Crippen LogP contribution is 2.10. The Morgan fingerprint density at radius 1 is 1.41 bits per heavy atom. The van der Waals surface area contributed by atoms with Crippen molar-refractivity contribution in [2.24, 2.45) is 5.73 Å². The van der Waals surface area contributed by atoms with E-state index in [0.29, 0.717) is 17.8 Å². The van der Waals surface area contributed by atoms with E-state index < -0.39 is 0 Å². The number of nitrogen functional groups attached to an aromatic ring is 1. The first-order valence-corrected chi connectivity index (χ1v) is 6.04. The molecule has 1 rings (SSSR count). The van der Waals surface area contributed by atoms with Crippen molar-refractivity contribution in [3.05, 3.63) is 29.8 Å². The predicted molar refractivity (Wildman–Crippen MR) is 70.7 cm³/mol. The van der Waals surface area contributed by atoms with Crippen LogP contribution in [-0.2, 0) is 0 Å². The largest absolute Gasteiger partial charge is 0.398 e. The van der Waals surface area contributed by atoms with Crippen LogP contribution in [0.2, 0.25) is 0 Å². The number of benzene rings is 1. The van der Waals surface area contributed by atoms with Gasteiger partial charge in [-0.3, -0.25) is 4.79 Å². The number of carbonyl (C=O) groups is 1. The van der Waals surface area contributed by atoms with E-state index in [1.54, 1.807) is 18.2 Å². The third-order valence-corrected chi connectivity index (χ3v) is 2.73. The molecule has 5 N–H and O–H groups in total. The average molecular weight is 235 g/mol. The van der Waals surface area contributed by atoms with Crippen molar-refractivity contribution in [3.8, 4) is 0 Å². The molecular weight excluding hydrogens is 214 g/mol. The zero-order chi connectivity index (χ0) is 12.7. The highest BCUT2D eigenvalue weighted by Gasteiger charge is 2.13. The van der Waals surface area contributed by atoms with E-state index in [4.69, 9.17) is 11.5 Å². The summed E-state index contributed by atoms with van der Waals surface area (Å²) in [6.07, 6.45) is 3.07. The molecule has 0 fully saturated rings. The summed E-state index contributed by atoms with van der Waals surface area (Å²) >= 11 is 0. The summed E-state index contributed by atoms with van der Waals surface area (Å²) in [5.41, 5.74) is 12.4. The normalized spacial score (nSPS) is 12.1. The summed E-state index contributed by atoms with van der Waals surface area (Å²) in [4.78, 5) is 12.0. The van der Waals surface area contributed by atoms with E-state index in [0.717, 1.165) is 19.3 Å². The van der Waals surface area contributed by atoms with Crippen molar-refractivity contribution in [1.29, 1.82) is 0 Å². The lowest BCUT2D eigenvalue weighted by atomic mass is 10.1. The maximum atomic E-state index is 12.0. The van der Waals surface area contributed by atoms with Crippen LogP contribution in [0.25, 0.3) is 0 Å². The van der Waals surface area contributed by atoms with E-state index >= 15 is 0 Å². The molecule has 0 bridgehead atoms. The van der Waals surface area contributed by atoms with E-state index in [-0.39, 0.29) is 11.9 Å². The Bertz CT molecular complexity index is 365. The van der Waals surface area contributed by atoms with Gasteiger partial charge in [-0.05, 0) is 18.6 Å².